The van der Waals surface area contributed by atoms with Gasteiger partial charge in [0.15, 0.2) is 0 Å². The Kier molecular flexibility index (Phi) is 7.10. The van der Waals surface area contributed by atoms with E-state index in [-0.39, 0.29) is 24.9 Å². The number of amides is 1. The van der Waals surface area contributed by atoms with Crippen molar-refractivity contribution in [2.75, 3.05) is 13.2 Å². The number of hydrogen-bond acceptors (Lipinski definition) is 5. The lowest BCUT2D eigenvalue weighted by Gasteiger charge is -2.32. The zero-order chi connectivity index (χ0) is 27.8. The molecule has 3 aromatic carbocycles. The highest BCUT2D eigenvalue weighted by atomic mass is 16.7. The van der Waals surface area contributed by atoms with Crippen LogP contribution in [0.5, 0.6) is 0 Å². The predicted molar refractivity (Wildman–Crippen MR) is 155 cm³/mol. The van der Waals surface area contributed by atoms with Gasteiger partial charge in [-0.15, -0.1) is 0 Å². The van der Waals surface area contributed by atoms with Crippen LogP contribution in [0.1, 0.15) is 55.9 Å². The van der Waals surface area contributed by atoms with Crippen LogP contribution in [-0.4, -0.2) is 43.4 Å². The number of amidine groups is 1. The molecule has 1 aliphatic heterocycles. The summed E-state index contributed by atoms with van der Waals surface area (Å²) in [6.07, 6.45) is 1.42. The van der Waals surface area contributed by atoms with Crippen LogP contribution in [-0.2, 0) is 14.0 Å². The summed E-state index contributed by atoms with van der Waals surface area (Å²) < 4.78 is 18.3. The van der Waals surface area contributed by atoms with E-state index in [1.54, 1.807) is 12.1 Å². The van der Waals surface area contributed by atoms with Crippen LogP contribution in [0.15, 0.2) is 78.3 Å². The number of carbonyl (C=O) groups is 1. The molecule has 0 bridgehead atoms. The Bertz CT molecular complexity index is 1370. The first-order chi connectivity index (χ1) is 18.6. The van der Waals surface area contributed by atoms with E-state index in [0.29, 0.717) is 5.56 Å². The van der Waals surface area contributed by atoms with E-state index in [1.807, 2.05) is 70.2 Å². The van der Waals surface area contributed by atoms with E-state index >= 15 is 0 Å². The number of nitrogens with two attached hydrogens (primary N) is 1. The minimum Gasteiger partial charge on any atom is -0.449 e. The summed E-state index contributed by atoms with van der Waals surface area (Å²) in [6, 6.07) is 23.8. The van der Waals surface area contributed by atoms with Crippen molar-refractivity contribution in [1.82, 2.24) is 5.32 Å². The average molecular weight is 523 g/mol. The van der Waals surface area contributed by atoms with Crippen molar-refractivity contribution in [2.45, 2.75) is 44.8 Å². The van der Waals surface area contributed by atoms with E-state index in [1.165, 1.54) is 22.3 Å². The first-order valence-corrected chi connectivity index (χ1v) is 13.2. The van der Waals surface area contributed by atoms with Crippen molar-refractivity contribution in [3.05, 3.63) is 101 Å². The quantitative estimate of drug-likeness (QED) is 0.215. The maximum atomic E-state index is 12.9. The monoisotopic (exact) mass is 523 g/mol. The Morgan fingerprint density at radius 1 is 0.949 bits per heavy atom. The molecule has 3 aromatic rings. The molecule has 0 saturated carbocycles. The second-order valence-electron chi connectivity index (χ2n) is 11.0. The number of nitrogen functional groups attached to an aromatic ring is 1. The van der Waals surface area contributed by atoms with Crippen molar-refractivity contribution >= 4 is 25.1 Å². The van der Waals surface area contributed by atoms with Crippen LogP contribution in [0.3, 0.4) is 0 Å². The zero-order valence-electron chi connectivity index (χ0n) is 22.8. The molecule has 5 rings (SSSR count). The molecular formula is C31H34BN3O4. The number of hydrogen-bond donors (Lipinski definition) is 3. The fourth-order valence-electron chi connectivity index (χ4n) is 4.99. The Morgan fingerprint density at radius 2 is 1.49 bits per heavy atom. The van der Waals surface area contributed by atoms with Gasteiger partial charge in [0.2, 0.25) is 0 Å². The summed E-state index contributed by atoms with van der Waals surface area (Å²) in [7, 11) is -0.642. The van der Waals surface area contributed by atoms with E-state index in [0.717, 1.165) is 11.0 Å². The van der Waals surface area contributed by atoms with Gasteiger partial charge in [0.25, 0.3) is 0 Å². The Hall–Kier alpha value is -3.88. The van der Waals surface area contributed by atoms with Gasteiger partial charge >= 0.3 is 13.2 Å². The Balaban J connectivity index is 1.30. The molecule has 2 aliphatic rings. The topological polar surface area (TPSA) is 107 Å². The largest absolute Gasteiger partial charge is 0.492 e. The van der Waals surface area contributed by atoms with Gasteiger partial charge in [-0.05, 0) is 61.0 Å². The van der Waals surface area contributed by atoms with Crippen molar-refractivity contribution in [3.63, 3.8) is 0 Å². The molecule has 7 nitrogen and oxygen atoms in total. The van der Waals surface area contributed by atoms with E-state index in [4.69, 9.17) is 25.2 Å². The van der Waals surface area contributed by atoms with Crippen molar-refractivity contribution < 1.29 is 18.8 Å². The average Bonchev–Trinajstić information content (AvgIpc) is 3.34. The van der Waals surface area contributed by atoms with E-state index < -0.39 is 24.4 Å². The van der Waals surface area contributed by atoms with Crippen molar-refractivity contribution in [1.29, 1.82) is 5.41 Å². The molecule has 39 heavy (non-hydrogen) atoms. The maximum Gasteiger partial charge on any atom is 0.492 e. The molecule has 0 unspecified atom stereocenters. The lowest BCUT2D eigenvalue weighted by Crippen LogP contribution is -2.41. The first-order valence-electron chi connectivity index (χ1n) is 13.2. The highest BCUT2D eigenvalue weighted by Crippen LogP contribution is 2.44. The second kappa shape index (κ2) is 10.4. The molecule has 8 heteroatoms. The van der Waals surface area contributed by atoms with Crippen LogP contribution in [0, 0.1) is 5.41 Å². The molecule has 1 saturated heterocycles. The highest BCUT2D eigenvalue weighted by molar-refractivity contribution is 6.56. The number of benzene rings is 3. The third kappa shape index (κ3) is 5.35. The first kappa shape index (κ1) is 26.7. The fourth-order valence-corrected chi connectivity index (χ4v) is 4.99. The summed E-state index contributed by atoms with van der Waals surface area (Å²) in [5.74, 6) is -0.00492. The SMILES string of the molecule is CC1(C)OB(C(=Cc2ccc(C(=N)N)cc2)CNC(=O)OCC2c3ccccc3-c3ccccc32)OC1(C)C. The van der Waals surface area contributed by atoms with Gasteiger partial charge in [-0.3, -0.25) is 5.41 Å². The van der Waals surface area contributed by atoms with Crippen LogP contribution < -0.4 is 11.1 Å². The molecule has 1 fully saturated rings. The number of nitrogens with one attached hydrogen (secondary N) is 2. The molecule has 0 radical (unpaired) electrons. The number of carbonyl (C=O) groups excluding carboxylic acids is 1. The third-order valence-electron chi connectivity index (χ3n) is 7.91. The molecule has 4 N–H and O–H groups in total. The van der Waals surface area contributed by atoms with Crippen molar-refractivity contribution in [2.24, 2.45) is 5.73 Å². The zero-order valence-corrected chi connectivity index (χ0v) is 22.8. The predicted octanol–water partition coefficient (Wildman–Crippen LogP) is 5.52. The normalized spacial score (nSPS) is 17.4. The summed E-state index contributed by atoms with van der Waals surface area (Å²) >= 11 is 0. The smallest absolute Gasteiger partial charge is 0.449 e. The van der Waals surface area contributed by atoms with Gasteiger partial charge in [-0.25, -0.2) is 4.79 Å². The standard InChI is InChI=1S/C31H34BN3O4/c1-30(2)31(3,4)39-32(38-30)22(17-20-13-15-21(16-14-20)28(33)34)18-35-29(36)37-19-27-25-11-7-5-9-23(25)24-10-6-8-12-26(24)27/h5-17,27H,18-19H2,1-4H3,(H3,33,34)(H,35,36). The third-order valence-corrected chi connectivity index (χ3v) is 7.91. The molecule has 1 heterocycles. The highest BCUT2D eigenvalue weighted by Gasteiger charge is 2.52. The van der Waals surface area contributed by atoms with Crippen LogP contribution in [0.4, 0.5) is 4.79 Å². The molecule has 200 valence electrons. The molecule has 1 amide bonds. The van der Waals surface area contributed by atoms with Gasteiger partial charge in [-0.2, -0.15) is 0 Å². The minimum absolute atomic E-state index is 0.00799. The summed E-state index contributed by atoms with van der Waals surface area (Å²) in [6.45, 7) is 8.39. The molecule has 0 aromatic heterocycles. The number of rotatable bonds is 7. The van der Waals surface area contributed by atoms with Gasteiger partial charge in [0, 0.05) is 18.0 Å². The van der Waals surface area contributed by atoms with Gasteiger partial charge in [-0.1, -0.05) is 78.9 Å². The molecule has 0 spiro atoms. The lowest BCUT2D eigenvalue weighted by molar-refractivity contribution is 0.00578. The number of fused-ring (bicyclic) bond motifs is 3. The summed E-state index contributed by atoms with van der Waals surface area (Å²) in [4.78, 5) is 12.9. The minimum atomic E-state index is -0.642. The van der Waals surface area contributed by atoms with Gasteiger partial charge < -0.3 is 25.1 Å². The van der Waals surface area contributed by atoms with Crippen molar-refractivity contribution in [3.8, 4) is 11.1 Å². The molecule has 0 atom stereocenters. The second-order valence-corrected chi connectivity index (χ2v) is 11.0. The number of ether oxygens (including phenoxy) is 1. The number of alkyl carbamates (subject to hydrolysis) is 1. The lowest BCUT2D eigenvalue weighted by atomic mass is 9.77. The molecule has 1 aliphatic carbocycles. The Morgan fingerprint density at radius 3 is 2.03 bits per heavy atom. The van der Waals surface area contributed by atoms with Crippen LogP contribution in [0.25, 0.3) is 17.2 Å². The molecular weight excluding hydrogens is 489 g/mol. The Labute approximate surface area is 230 Å². The fraction of sp³-hybridized carbons (Fsp3) is 0.290. The van der Waals surface area contributed by atoms with Crippen LogP contribution in [0.2, 0.25) is 0 Å². The van der Waals surface area contributed by atoms with Gasteiger partial charge in [0.1, 0.15) is 12.4 Å². The summed E-state index contributed by atoms with van der Waals surface area (Å²) in [5.41, 5.74) is 11.5. The van der Waals surface area contributed by atoms with E-state index in [2.05, 4.69) is 29.6 Å². The maximum absolute atomic E-state index is 12.9. The van der Waals surface area contributed by atoms with Gasteiger partial charge in [0.05, 0.1) is 11.2 Å². The van der Waals surface area contributed by atoms with E-state index in [9.17, 15) is 4.79 Å². The van der Waals surface area contributed by atoms with Crippen LogP contribution >= 0.6 is 0 Å². The summed E-state index contributed by atoms with van der Waals surface area (Å²) in [5, 5.41) is 10.5.